The lowest BCUT2D eigenvalue weighted by atomic mass is 9.41. The molecular formula is C21H28BN3O2. The van der Waals surface area contributed by atoms with Crippen LogP contribution in [0.1, 0.15) is 56.6 Å². The Labute approximate surface area is 162 Å². The third kappa shape index (κ3) is 4.02. The van der Waals surface area contributed by atoms with Gasteiger partial charge in [0.2, 0.25) is 11.8 Å². The van der Waals surface area contributed by atoms with Crippen molar-refractivity contribution in [1.29, 1.82) is 5.26 Å². The summed E-state index contributed by atoms with van der Waals surface area (Å²) in [5.41, 5.74) is 3.83. The van der Waals surface area contributed by atoms with Crippen molar-refractivity contribution in [2.45, 2.75) is 70.6 Å². The number of benzene rings is 1. The van der Waals surface area contributed by atoms with Crippen LogP contribution in [0.5, 0.6) is 0 Å². The van der Waals surface area contributed by atoms with Gasteiger partial charge in [-0.25, -0.2) is 5.26 Å². The Morgan fingerprint density at radius 1 is 1.15 bits per heavy atom. The van der Waals surface area contributed by atoms with Crippen LogP contribution in [-0.2, 0) is 16.0 Å². The average molecular weight is 365 g/mol. The zero-order valence-corrected chi connectivity index (χ0v) is 16.3. The minimum absolute atomic E-state index is 0.163. The van der Waals surface area contributed by atoms with Gasteiger partial charge in [0.1, 0.15) is 6.04 Å². The van der Waals surface area contributed by atoms with Crippen LogP contribution >= 0.6 is 0 Å². The van der Waals surface area contributed by atoms with E-state index in [1.54, 1.807) is 0 Å². The van der Waals surface area contributed by atoms with E-state index in [1.165, 1.54) is 11.1 Å². The molecule has 0 spiro atoms. The van der Waals surface area contributed by atoms with Crippen molar-refractivity contribution in [3.63, 3.8) is 0 Å². The van der Waals surface area contributed by atoms with Gasteiger partial charge in [-0.1, -0.05) is 51.5 Å². The van der Waals surface area contributed by atoms with E-state index in [9.17, 15) is 9.59 Å². The lowest BCUT2D eigenvalue weighted by Gasteiger charge is -2.32. The van der Waals surface area contributed by atoms with Crippen LogP contribution in [0.2, 0.25) is 12.6 Å². The van der Waals surface area contributed by atoms with E-state index >= 15 is 0 Å². The fourth-order valence-electron chi connectivity index (χ4n) is 4.56. The topological polar surface area (TPSA) is 73.2 Å². The minimum atomic E-state index is -0.226. The zero-order valence-electron chi connectivity index (χ0n) is 16.3. The van der Waals surface area contributed by atoms with Crippen LogP contribution in [0.3, 0.4) is 0 Å². The van der Waals surface area contributed by atoms with E-state index in [1.807, 2.05) is 13.8 Å². The third-order valence-corrected chi connectivity index (χ3v) is 6.00. The number of piperidine rings is 1. The average Bonchev–Trinajstić information content (AvgIpc) is 3.12. The fourth-order valence-corrected chi connectivity index (χ4v) is 4.56. The van der Waals surface area contributed by atoms with Gasteiger partial charge in [-0.15, -0.1) is 0 Å². The molecule has 5 nitrogen and oxygen atoms in total. The van der Waals surface area contributed by atoms with E-state index < -0.39 is 0 Å². The van der Waals surface area contributed by atoms with E-state index in [0.717, 1.165) is 44.1 Å². The van der Waals surface area contributed by atoms with Crippen molar-refractivity contribution in [2.24, 2.45) is 0 Å². The Morgan fingerprint density at radius 3 is 2.56 bits per heavy atom. The SMILES string of the molecule is CC.N#CB1CCC(c2ccc3c(c2)CCN3C2CCC(=O)NC2=O)CC1. The first-order chi connectivity index (χ1) is 13.2. The first-order valence-electron chi connectivity index (χ1n) is 10.3. The number of carbonyl (C=O) groups is 2. The molecule has 4 rings (SSSR count). The lowest BCUT2D eigenvalue weighted by Crippen LogP contribution is -2.52. The van der Waals surface area contributed by atoms with Gasteiger partial charge in [-0.2, -0.15) is 0 Å². The second-order valence-corrected chi connectivity index (χ2v) is 7.48. The van der Waals surface area contributed by atoms with E-state index in [0.29, 0.717) is 18.8 Å². The van der Waals surface area contributed by atoms with Crippen LogP contribution in [-0.4, -0.2) is 31.1 Å². The number of nitrogens with one attached hydrogen (secondary N) is 1. The number of carbonyl (C=O) groups excluding carboxylic acids is 2. The molecule has 1 atom stereocenters. The van der Waals surface area contributed by atoms with E-state index in [2.05, 4.69) is 34.4 Å². The highest BCUT2D eigenvalue weighted by Gasteiger charge is 2.35. The number of rotatable bonds is 2. The molecule has 3 heterocycles. The molecule has 0 bridgehead atoms. The highest BCUT2D eigenvalue weighted by molar-refractivity contribution is 6.67. The number of hydrogen-bond acceptors (Lipinski definition) is 4. The molecule has 142 valence electrons. The lowest BCUT2D eigenvalue weighted by molar-refractivity contribution is -0.134. The first-order valence-corrected chi connectivity index (χ1v) is 10.3. The highest BCUT2D eigenvalue weighted by atomic mass is 16.2. The van der Waals surface area contributed by atoms with Crippen molar-refractivity contribution >= 4 is 24.2 Å². The number of fused-ring (bicyclic) bond motifs is 1. The summed E-state index contributed by atoms with van der Waals surface area (Å²) in [6.45, 7) is 5.07. The normalized spacial score (nSPS) is 22.5. The number of nitriles is 1. The van der Waals surface area contributed by atoms with Crippen LogP contribution in [0.4, 0.5) is 5.69 Å². The Balaban J connectivity index is 0.00000102. The second-order valence-electron chi connectivity index (χ2n) is 7.48. The number of hydrogen-bond donors (Lipinski definition) is 1. The maximum atomic E-state index is 12.2. The summed E-state index contributed by atoms with van der Waals surface area (Å²) in [5, 5.41) is 11.5. The molecule has 0 radical (unpaired) electrons. The molecule has 1 N–H and O–H groups in total. The van der Waals surface area contributed by atoms with Gasteiger partial charge in [0, 0.05) is 24.6 Å². The molecule has 2 saturated heterocycles. The highest BCUT2D eigenvalue weighted by Crippen LogP contribution is 2.38. The predicted molar refractivity (Wildman–Crippen MR) is 108 cm³/mol. The van der Waals surface area contributed by atoms with Gasteiger partial charge in [0.25, 0.3) is 6.71 Å². The largest absolute Gasteiger partial charge is 0.359 e. The molecule has 2 fully saturated rings. The summed E-state index contributed by atoms with van der Waals surface area (Å²) in [6.07, 6.45) is 6.16. The van der Waals surface area contributed by atoms with Gasteiger partial charge in [-0.05, 0) is 36.0 Å². The van der Waals surface area contributed by atoms with Gasteiger partial charge in [0.05, 0.1) is 0 Å². The molecule has 0 aliphatic carbocycles. The zero-order chi connectivity index (χ0) is 19.4. The Kier molecular flexibility index (Phi) is 6.21. The van der Waals surface area contributed by atoms with Gasteiger partial charge in [-0.3, -0.25) is 14.9 Å². The quantitative estimate of drug-likeness (QED) is 0.645. The molecule has 27 heavy (non-hydrogen) atoms. The fraction of sp³-hybridized carbons (Fsp3) is 0.571. The molecule has 3 aliphatic rings. The molecule has 1 aromatic carbocycles. The standard InChI is InChI=1S/C19H22BN3O2.C2H6/c21-12-20-8-5-13(6-9-20)14-1-2-16-15(11-14)7-10-23(16)17-3-4-18(24)22-19(17)25;1-2/h1-2,11,13,17H,3-10H2,(H,22,24,25);1-2H3. The van der Waals surface area contributed by atoms with Gasteiger partial charge >= 0.3 is 0 Å². The summed E-state index contributed by atoms with van der Waals surface area (Å²) in [5.74, 6) is 2.63. The van der Waals surface area contributed by atoms with Crippen molar-refractivity contribution in [3.8, 4) is 5.97 Å². The number of anilines is 1. The monoisotopic (exact) mass is 365 g/mol. The van der Waals surface area contributed by atoms with E-state index in [4.69, 9.17) is 5.26 Å². The van der Waals surface area contributed by atoms with Gasteiger partial charge < -0.3 is 4.90 Å². The Morgan fingerprint density at radius 2 is 1.89 bits per heavy atom. The molecular weight excluding hydrogens is 337 g/mol. The Hall–Kier alpha value is -2.29. The molecule has 1 aromatic rings. The van der Waals surface area contributed by atoms with Gasteiger partial charge in [0.15, 0.2) is 0 Å². The Bertz CT molecular complexity index is 750. The molecule has 6 heteroatoms. The number of imide groups is 1. The van der Waals surface area contributed by atoms with Crippen LogP contribution in [0.15, 0.2) is 18.2 Å². The molecule has 1 unspecified atom stereocenters. The third-order valence-electron chi connectivity index (χ3n) is 6.00. The van der Waals surface area contributed by atoms with Crippen molar-refractivity contribution < 1.29 is 9.59 Å². The van der Waals surface area contributed by atoms with Crippen LogP contribution < -0.4 is 10.2 Å². The molecule has 2 amide bonds. The summed E-state index contributed by atoms with van der Waals surface area (Å²) in [4.78, 5) is 25.7. The van der Waals surface area contributed by atoms with Crippen LogP contribution in [0, 0.1) is 11.2 Å². The van der Waals surface area contributed by atoms with Crippen molar-refractivity contribution in [2.75, 3.05) is 11.4 Å². The maximum Gasteiger partial charge on any atom is 0.267 e. The summed E-state index contributed by atoms with van der Waals surface area (Å²) in [6, 6.07) is 6.42. The number of amides is 2. The second kappa shape index (κ2) is 8.60. The summed E-state index contributed by atoms with van der Waals surface area (Å²) >= 11 is 0. The molecule has 3 aliphatic heterocycles. The predicted octanol–water partition coefficient (Wildman–Crippen LogP) is 3.32. The smallest absolute Gasteiger partial charge is 0.267 e. The van der Waals surface area contributed by atoms with Crippen molar-refractivity contribution in [3.05, 3.63) is 29.3 Å². The molecule has 0 aromatic heterocycles. The summed E-state index contributed by atoms with van der Waals surface area (Å²) in [7, 11) is 0. The van der Waals surface area contributed by atoms with Crippen molar-refractivity contribution in [1.82, 2.24) is 5.32 Å². The molecule has 0 saturated carbocycles. The maximum absolute atomic E-state index is 12.2. The number of nitrogens with zero attached hydrogens (tertiary/aromatic N) is 2. The van der Waals surface area contributed by atoms with Crippen LogP contribution in [0.25, 0.3) is 0 Å². The minimum Gasteiger partial charge on any atom is -0.359 e. The summed E-state index contributed by atoms with van der Waals surface area (Å²) < 4.78 is 0. The first kappa shape index (κ1) is 19.5. The van der Waals surface area contributed by atoms with E-state index in [-0.39, 0.29) is 24.6 Å².